The number of hydrogen-bond acceptors (Lipinski definition) is 3. The number of aromatic nitrogens is 1. The molecule has 8 heteroatoms. The molecule has 0 spiro atoms. The van der Waals surface area contributed by atoms with Gasteiger partial charge in [-0.15, -0.1) is 0 Å². The van der Waals surface area contributed by atoms with E-state index in [1.807, 2.05) is 0 Å². The number of carbonyl (C=O) groups excluding carboxylic acids is 1. The van der Waals surface area contributed by atoms with Crippen LogP contribution in [-0.4, -0.2) is 30.2 Å². The SMILES string of the molecule is O=C(COc1ccc(F)nc1)NCC(F)(F)F. The summed E-state index contributed by atoms with van der Waals surface area (Å²) in [5.41, 5.74) is 0. The van der Waals surface area contributed by atoms with Crippen LogP contribution < -0.4 is 10.1 Å². The summed E-state index contributed by atoms with van der Waals surface area (Å²) in [6.07, 6.45) is -3.44. The minimum Gasteiger partial charge on any atom is -0.482 e. The molecule has 1 aromatic rings. The fraction of sp³-hybridized carbons (Fsp3) is 0.333. The minimum atomic E-state index is -4.47. The van der Waals surface area contributed by atoms with Gasteiger partial charge in [-0.1, -0.05) is 0 Å². The van der Waals surface area contributed by atoms with Crippen LogP contribution >= 0.6 is 0 Å². The van der Waals surface area contributed by atoms with E-state index in [0.717, 1.165) is 12.3 Å². The molecule has 0 aliphatic heterocycles. The smallest absolute Gasteiger partial charge is 0.405 e. The van der Waals surface area contributed by atoms with Gasteiger partial charge < -0.3 is 10.1 Å². The fourth-order valence-electron chi connectivity index (χ4n) is 0.846. The van der Waals surface area contributed by atoms with Crippen molar-refractivity contribution in [2.75, 3.05) is 13.2 Å². The molecule has 0 aromatic carbocycles. The number of nitrogens with zero attached hydrogens (tertiary/aromatic N) is 1. The molecule has 0 aliphatic rings. The van der Waals surface area contributed by atoms with Crippen molar-refractivity contribution in [1.82, 2.24) is 10.3 Å². The predicted molar refractivity (Wildman–Crippen MR) is 48.8 cm³/mol. The lowest BCUT2D eigenvalue weighted by atomic mass is 10.4. The zero-order chi connectivity index (χ0) is 12.9. The van der Waals surface area contributed by atoms with Crippen LogP contribution in [0.25, 0.3) is 0 Å². The average Bonchev–Trinajstić information content (AvgIpc) is 2.25. The van der Waals surface area contributed by atoms with E-state index < -0.39 is 31.2 Å². The van der Waals surface area contributed by atoms with Gasteiger partial charge in [0, 0.05) is 0 Å². The van der Waals surface area contributed by atoms with Crippen LogP contribution in [0.2, 0.25) is 0 Å². The molecule has 1 heterocycles. The maximum absolute atomic E-state index is 12.4. The van der Waals surface area contributed by atoms with E-state index in [1.165, 1.54) is 6.07 Å². The first-order valence-electron chi connectivity index (χ1n) is 4.44. The Bertz CT molecular complexity index is 378. The molecule has 0 bridgehead atoms. The highest BCUT2D eigenvalue weighted by Gasteiger charge is 2.27. The van der Waals surface area contributed by atoms with Crippen molar-refractivity contribution >= 4 is 5.91 Å². The molecule has 4 nitrogen and oxygen atoms in total. The number of alkyl halides is 3. The first kappa shape index (κ1) is 13.2. The monoisotopic (exact) mass is 252 g/mol. The topological polar surface area (TPSA) is 51.2 Å². The summed E-state index contributed by atoms with van der Waals surface area (Å²) in [7, 11) is 0. The highest BCUT2D eigenvalue weighted by atomic mass is 19.4. The van der Waals surface area contributed by atoms with Crippen molar-refractivity contribution < 1.29 is 27.1 Å². The molecule has 1 rings (SSSR count). The third-order valence-corrected chi connectivity index (χ3v) is 1.56. The Morgan fingerprint density at radius 2 is 2.12 bits per heavy atom. The van der Waals surface area contributed by atoms with E-state index in [4.69, 9.17) is 4.74 Å². The Morgan fingerprint density at radius 1 is 1.41 bits per heavy atom. The van der Waals surface area contributed by atoms with Crippen LogP contribution in [0.1, 0.15) is 0 Å². The standard InChI is InChI=1S/C9H8F4N2O2/c10-7-2-1-6(3-14-7)17-4-8(16)15-5-9(11,12)13/h1-3H,4-5H2,(H,15,16). The highest BCUT2D eigenvalue weighted by molar-refractivity contribution is 5.77. The van der Waals surface area contributed by atoms with Gasteiger partial charge >= 0.3 is 6.18 Å². The van der Waals surface area contributed by atoms with Crippen molar-refractivity contribution in [3.05, 3.63) is 24.3 Å². The van der Waals surface area contributed by atoms with E-state index in [2.05, 4.69) is 4.98 Å². The summed E-state index contributed by atoms with van der Waals surface area (Å²) in [6, 6.07) is 2.21. The molecule has 1 N–H and O–H groups in total. The van der Waals surface area contributed by atoms with Crippen LogP contribution in [0.3, 0.4) is 0 Å². The van der Waals surface area contributed by atoms with Gasteiger partial charge in [-0.05, 0) is 12.1 Å². The number of amides is 1. The van der Waals surface area contributed by atoms with Crippen molar-refractivity contribution in [1.29, 1.82) is 0 Å². The number of ether oxygens (including phenoxy) is 1. The molecule has 17 heavy (non-hydrogen) atoms. The zero-order valence-corrected chi connectivity index (χ0v) is 8.42. The number of carbonyl (C=O) groups is 1. The zero-order valence-electron chi connectivity index (χ0n) is 8.42. The maximum atomic E-state index is 12.4. The van der Waals surface area contributed by atoms with E-state index in [-0.39, 0.29) is 5.75 Å². The number of pyridine rings is 1. The largest absolute Gasteiger partial charge is 0.482 e. The summed E-state index contributed by atoms with van der Waals surface area (Å²) < 4.78 is 52.3. The molecule has 0 atom stereocenters. The molecule has 0 radical (unpaired) electrons. The fourth-order valence-corrected chi connectivity index (χ4v) is 0.846. The van der Waals surface area contributed by atoms with Crippen LogP contribution in [0.15, 0.2) is 18.3 Å². The summed E-state index contributed by atoms with van der Waals surface area (Å²) >= 11 is 0. The van der Waals surface area contributed by atoms with E-state index in [9.17, 15) is 22.4 Å². The number of hydrogen-bond donors (Lipinski definition) is 1. The second-order valence-corrected chi connectivity index (χ2v) is 3.00. The van der Waals surface area contributed by atoms with Gasteiger partial charge in [-0.3, -0.25) is 4.79 Å². The number of rotatable bonds is 4. The minimum absolute atomic E-state index is 0.0913. The van der Waals surface area contributed by atoms with Crippen LogP contribution in [0.5, 0.6) is 5.75 Å². The van der Waals surface area contributed by atoms with Crippen LogP contribution in [-0.2, 0) is 4.79 Å². The highest BCUT2D eigenvalue weighted by Crippen LogP contribution is 2.12. The summed E-state index contributed by atoms with van der Waals surface area (Å²) in [6.45, 7) is -2.01. The van der Waals surface area contributed by atoms with Gasteiger partial charge in [0.2, 0.25) is 5.95 Å². The lowest BCUT2D eigenvalue weighted by molar-refractivity contribution is -0.139. The summed E-state index contributed by atoms with van der Waals surface area (Å²) in [5, 5.41) is 1.62. The van der Waals surface area contributed by atoms with E-state index in [1.54, 1.807) is 5.32 Å². The first-order chi connectivity index (χ1) is 7.87. The van der Waals surface area contributed by atoms with Crippen molar-refractivity contribution in [3.8, 4) is 5.75 Å². The molecule has 0 fully saturated rings. The van der Waals surface area contributed by atoms with Gasteiger partial charge in [0.05, 0.1) is 6.20 Å². The second-order valence-electron chi connectivity index (χ2n) is 3.00. The Morgan fingerprint density at radius 3 is 2.65 bits per heavy atom. The van der Waals surface area contributed by atoms with Gasteiger partial charge in [0.15, 0.2) is 6.61 Å². The molecule has 94 valence electrons. The molecular formula is C9H8F4N2O2. The molecule has 0 saturated heterocycles. The average molecular weight is 252 g/mol. The van der Waals surface area contributed by atoms with Crippen LogP contribution in [0, 0.1) is 5.95 Å². The van der Waals surface area contributed by atoms with Crippen molar-refractivity contribution in [2.45, 2.75) is 6.18 Å². The van der Waals surface area contributed by atoms with E-state index >= 15 is 0 Å². The molecule has 0 saturated carbocycles. The number of halogens is 4. The third-order valence-electron chi connectivity index (χ3n) is 1.56. The molecular weight excluding hydrogens is 244 g/mol. The quantitative estimate of drug-likeness (QED) is 0.648. The Kier molecular flexibility index (Phi) is 4.24. The van der Waals surface area contributed by atoms with Crippen LogP contribution in [0.4, 0.5) is 17.6 Å². The van der Waals surface area contributed by atoms with Gasteiger partial charge in [0.25, 0.3) is 5.91 Å². The lowest BCUT2D eigenvalue weighted by Gasteiger charge is -2.09. The lowest BCUT2D eigenvalue weighted by Crippen LogP contribution is -2.36. The molecule has 1 aromatic heterocycles. The molecule has 0 aliphatic carbocycles. The molecule has 0 unspecified atom stereocenters. The third kappa shape index (κ3) is 5.69. The van der Waals surface area contributed by atoms with E-state index in [0.29, 0.717) is 0 Å². The maximum Gasteiger partial charge on any atom is 0.405 e. The Labute approximate surface area is 93.6 Å². The van der Waals surface area contributed by atoms with Gasteiger partial charge in [0.1, 0.15) is 12.3 Å². The van der Waals surface area contributed by atoms with Crippen molar-refractivity contribution in [2.24, 2.45) is 0 Å². The normalized spacial score (nSPS) is 11.1. The second kappa shape index (κ2) is 5.46. The van der Waals surface area contributed by atoms with Gasteiger partial charge in [-0.2, -0.15) is 17.6 Å². The number of nitrogens with one attached hydrogen (secondary N) is 1. The van der Waals surface area contributed by atoms with Gasteiger partial charge in [-0.25, -0.2) is 4.98 Å². The predicted octanol–water partition coefficient (Wildman–Crippen LogP) is 1.28. The Balaban J connectivity index is 2.31. The summed E-state index contributed by atoms with van der Waals surface area (Å²) in [4.78, 5) is 14.1. The summed E-state index contributed by atoms with van der Waals surface area (Å²) in [5.74, 6) is -1.56. The van der Waals surface area contributed by atoms with Crippen molar-refractivity contribution in [3.63, 3.8) is 0 Å². The first-order valence-corrected chi connectivity index (χ1v) is 4.44. The molecule has 1 amide bonds. The Hall–Kier alpha value is -1.86.